The molecule has 3 aromatic heterocycles. The SMILES string of the molecule is c1ccc(-n2c3ccccc3c3ccc(N(c4cccc5c4oc4cc6ccccc6cc45)c4cccc5sc6ccccc6c45)cc32)cc1. The summed E-state index contributed by atoms with van der Waals surface area (Å²) >= 11 is 1.84. The number of hydrogen-bond donors (Lipinski definition) is 0. The molecule has 0 aliphatic heterocycles. The number of rotatable bonds is 4. The van der Waals surface area contributed by atoms with Gasteiger partial charge in [0.1, 0.15) is 5.58 Å². The third-order valence-electron chi connectivity index (χ3n) is 10.1. The van der Waals surface area contributed by atoms with E-state index in [1.165, 1.54) is 47.2 Å². The van der Waals surface area contributed by atoms with Crippen molar-refractivity contribution in [3.63, 3.8) is 0 Å². The summed E-state index contributed by atoms with van der Waals surface area (Å²) in [5, 5.41) is 9.58. The van der Waals surface area contributed by atoms with Gasteiger partial charge in [-0.05, 0) is 77.5 Å². The van der Waals surface area contributed by atoms with E-state index >= 15 is 0 Å². The van der Waals surface area contributed by atoms with Crippen LogP contribution in [0.4, 0.5) is 17.1 Å². The summed E-state index contributed by atoms with van der Waals surface area (Å²) in [6.07, 6.45) is 0. The zero-order valence-corrected chi connectivity index (χ0v) is 27.7. The molecule has 0 aliphatic carbocycles. The van der Waals surface area contributed by atoms with Crippen LogP contribution >= 0.6 is 11.3 Å². The van der Waals surface area contributed by atoms with Crippen LogP contribution < -0.4 is 4.90 Å². The van der Waals surface area contributed by atoms with Crippen molar-refractivity contribution in [2.45, 2.75) is 0 Å². The monoisotopic (exact) mass is 656 g/mol. The number of thiophene rings is 1. The first-order valence-corrected chi connectivity index (χ1v) is 17.7. The van der Waals surface area contributed by atoms with Crippen molar-refractivity contribution >= 4 is 103 Å². The van der Waals surface area contributed by atoms with Gasteiger partial charge in [0.05, 0.1) is 22.4 Å². The molecule has 0 unspecified atom stereocenters. The first kappa shape index (κ1) is 27.6. The first-order valence-electron chi connectivity index (χ1n) is 16.9. The Bertz CT molecular complexity index is 3110. The Balaban J connectivity index is 1.25. The number of hydrogen-bond acceptors (Lipinski definition) is 3. The fraction of sp³-hybridized carbons (Fsp3) is 0. The zero-order chi connectivity index (χ0) is 32.8. The number of anilines is 3. The summed E-state index contributed by atoms with van der Waals surface area (Å²) in [7, 11) is 0. The summed E-state index contributed by atoms with van der Waals surface area (Å²) in [6, 6.07) is 61.2. The average molecular weight is 657 g/mol. The van der Waals surface area contributed by atoms with Crippen LogP contribution in [-0.4, -0.2) is 4.57 Å². The second-order valence-corrected chi connectivity index (χ2v) is 14.0. The third-order valence-corrected chi connectivity index (χ3v) is 11.3. The molecule has 11 aromatic rings. The zero-order valence-electron chi connectivity index (χ0n) is 26.9. The van der Waals surface area contributed by atoms with Crippen molar-refractivity contribution in [3.8, 4) is 5.69 Å². The Kier molecular flexibility index (Phi) is 5.83. The standard InChI is InChI=1S/C46H28N2OS/c1-2-14-31(15-3-1)47-38-19-8-6-16-33(38)34-25-24-32(28-41(34)47)48(39-20-11-23-44-45(39)36-17-7-9-22-43(36)50-44)40-21-10-18-35-37-26-29-12-4-5-13-30(29)27-42(37)49-46(35)40/h1-28H. The number of nitrogens with zero attached hydrogens (tertiary/aromatic N) is 2. The fourth-order valence-corrected chi connectivity index (χ4v) is 9.07. The minimum Gasteiger partial charge on any atom is -0.454 e. The lowest BCUT2D eigenvalue weighted by molar-refractivity contribution is 0.669. The molecule has 50 heavy (non-hydrogen) atoms. The second kappa shape index (κ2) is 10.6. The predicted octanol–water partition coefficient (Wildman–Crippen LogP) is 13.7. The van der Waals surface area contributed by atoms with Gasteiger partial charge in [-0.2, -0.15) is 0 Å². The fourth-order valence-electron chi connectivity index (χ4n) is 7.95. The Morgan fingerprint density at radius 3 is 2.04 bits per heavy atom. The maximum absolute atomic E-state index is 6.88. The molecule has 8 aromatic carbocycles. The van der Waals surface area contributed by atoms with Crippen LogP contribution in [0.3, 0.4) is 0 Å². The minimum absolute atomic E-state index is 0.873. The van der Waals surface area contributed by atoms with Gasteiger partial charge in [0.25, 0.3) is 0 Å². The third kappa shape index (κ3) is 3.97. The molecule has 0 aliphatic rings. The number of benzene rings is 8. The number of para-hydroxylation sites is 3. The largest absolute Gasteiger partial charge is 0.454 e. The van der Waals surface area contributed by atoms with Gasteiger partial charge in [0.2, 0.25) is 0 Å². The van der Waals surface area contributed by atoms with E-state index in [1.54, 1.807) is 0 Å². The lowest BCUT2D eigenvalue weighted by Gasteiger charge is -2.27. The summed E-state index contributed by atoms with van der Waals surface area (Å²) in [5.74, 6) is 0. The van der Waals surface area contributed by atoms with Gasteiger partial charge in [-0.15, -0.1) is 11.3 Å². The average Bonchev–Trinajstić information content (AvgIpc) is 3.84. The van der Waals surface area contributed by atoms with E-state index in [0.717, 1.165) is 50.2 Å². The Morgan fingerprint density at radius 1 is 0.460 bits per heavy atom. The summed E-state index contributed by atoms with van der Waals surface area (Å²) in [6.45, 7) is 0. The molecule has 0 bridgehead atoms. The molecule has 3 heterocycles. The van der Waals surface area contributed by atoms with E-state index < -0.39 is 0 Å². The molecule has 0 amide bonds. The van der Waals surface area contributed by atoms with Crippen molar-refractivity contribution in [1.82, 2.24) is 4.57 Å². The molecule has 0 spiro atoms. The van der Waals surface area contributed by atoms with Crippen molar-refractivity contribution in [2.24, 2.45) is 0 Å². The highest BCUT2D eigenvalue weighted by molar-refractivity contribution is 7.26. The van der Waals surface area contributed by atoms with Crippen molar-refractivity contribution in [2.75, 3.05) is 4.90 Å². The van der Waals surface area contributed by atoms with E-state index in [2.05, 4.69) is 179 Å². The highest BCUT2D eigenvalue weighted by Gasteiger charge is 2.24. The molecule has 0 saturated carbocycles. The molecule has 4 heteroatoms. The first-order chi connectivity index (χ1) is 24.8. The van der Waals surface area contributed by atoms with Crippen LogP contribution in [-0.2, 0) is 0 Å². The van der Waals surface area contributed by atoms with E-state index in [0.29, 0.717) is 0 Å². The van der Waals surface area contributed by atoms with Crippen LogP contribution in [0.5, 0.6) is 0 Å². The molecule has 0 atom stereocenters. The van der Waals surface area contributed by atoms with E-state index in [4.69, 9.17) is 4.42 Å². The predicted molar refractivity (Wildman–Crippen MR) is 213 cm³/mol. The molecule has 11 rings (SSSR count). The van der Waals surface area contributed by atoms with Crippen LogP contribution in [0.15, 0.2) is 174 Å². The highest BCUT2D eigenvalue weighted by atomic mass is 32.1. The van der Waals surface area contributed by atoms with Crippen LogP contribution in [0.25, 0.3) is 80.4 Å². The number of furan rings is 1. The molecular weight excluding hydrogens is 629 g/mol. The molecule has 0 N–H and O–H groups in total. The Labute approximate surface area is 291 Å². The van der Waals surface area contributed by atoms with Crippen LogP contribution in [0.1, 0.15) is 0 Å². The van der Waals surface area contributed by atoms with E-state index in [9.17, 15) is 0 Å². The molecule has 234 valence electrons. The van der Waals surface area contributed by atoms with Gasteiger partial charge in [-0.25, -0.2) is 0 Å². The lowest BCUT2D eigenvalue weighted by Crippen LogP contribution is -2.11. The lowest BCUT2D eigenvalue weighted by atomic mass is 10.0. The van der Waals surface area contributed by atoms with Gasteiger partial charge >= 0.3 is 0 Å². The molecule has 0 fully saturated rings. The molecular formula is C46H28N2OS. The maximum Gasteiger partial charge on any atom is 0.159 e. The summed E-state index contributed by atoms with van der Waals surface area (Å²) in [5.41, 5.74) is 8.45. The summed E-state index contributed by atoms with van der Waals surface area (Å²) in [4.78, 5) is 2.42. The molecule has 0 saturated heterocycles. The van der Waals surface area contributed by atoms with Crippen LogP contribution in [0.2, 0.25) is 0 Å². The van der Waals surface area contributed by atoms with Gasteiger partial charge in [0, 0.05) is 53.1 Å². The van der Waals surface area contributed by atoms with Gasteiger partial charge in [0.15, 0.2) is 5.58 Å². The minimum atomic E-state index is 0.873. The Hall–Kier alpha value is -6.36. The number of fused-ring (bicyclic) bond motifs is 10. The maximum atomic E-state index is 6.88. The quantitative estimate of drug-likeness (QED) is 0.188. The smallest absolute Gasteiger partial charge is 0.159 e. The van der Waals surface area contributed by atoms with Gasteiger partial charge in [-0.3, -0.25) is 0 Å². The van der Waals surface area contributed by atoms with Crippen molar-refractivity contribution < 1.29 is 4.42 Å². The van der Waals surface area contributed by atoms with E-state index in [-0.39, 0.29) is 0 Å². The van der Waals surface area contributed by atoms with Crippen LogP contribution in [0, 0.1) is 0 Å². The molecule has 3 nitrogen and oxygen atoms in total. The number of aromatic nitrogens is 1. The normalized spacial score (nSPS) is 12.0. The topological polar surface area (TPSA) is 21.3 Å². The molecule has 0 radical (unpaired) electrons. The van der Waals surface area contributed by atoms with Gasteiger partial charge < -0.3 is 13.9 Å². The van der Waals surface area contributed by atoms with Crippen molar-refractivity contribution in [3.05, 3.63) is 170 Å². The van der Waals surface area contributed by atoms with Crippen molar-refractivity contribution in [1.29, 1.82) is 0 Å². The Morgan fingerprint density at radius 2 is 1.14 bits per heavy atom. The van der Waals surface area contributed by atoms with E-state index in [1.807, 2.05) is 11.3 Å². The second-order valence-electron chi connectivity index (χ2n) is 12.9. The summed E-state index contributed by atoms with van der Waals surface area (Å²) < 4.78 is 11.8. The highest BCUT2D eigenvalue weighted by Crippen LogP contribution is 2.48. The van der Waals surface area contributed by atoms with Gasteiger partial charge in [-0.1, -0.05) is 103 Å².